The summed E-state index contributed by atoms with van der Waals surface area (Å²) in [6, 6.07) is 1.91. The van der Waals surface area contributed by atoms with Gasteiger partial charge >= 0.3 is 5.97 Å². The largest absolute Gasteiger partial charge is 0.461 e. The quantitative estimate of drug-likeness (QED) is 0.662. The fourth-order valence-corrected chi connectivity index (χ4v) is 2.49. The Hall–Kier alpha value is -2.77. The first-order valence-corrected chi connectivity index (χ1v) is 7.64. The first kappa shape index (κ1) is 13.9. The van der Waals surface area contributed by atoms with E-state index in [4.69, 9.17) is 4.74 Å². The van der Waals surface area contributed by atoms with Crippen molar-refractivity contribution in [1.29, 1.82) is 0 Å². The van der Waals surface area contributed by atoms with Crippen molar-refractivity contribution in [1.82, 2.24) is 29.6 Å². The van der Waals surface area contributed by atoms with Gasteiger partial charge in [0.05, 0.1) is 25.0 Å². The minimum atomic E-state index is -0.468. The van der Waals surface area contributed by atoms with Crippen molar-refractivity contribution in [3.63, 3.8) is 0 Å². The van der Waals surface area contributed by atoms with Gasteiger partial charge in [-0.3, -0.25) is 0 Å². The van der Waals surface area contributed by atoms with Crippen LogP contribution in [0.2, 0.25) is 0 Å². The van der Waals surface area contributed by atoms with Gasteiger partial charge in [0.2, 0.25) is 0 Å². The summed E-state index contributed by atoms with van der Waals surface area (Å²) in [6.45, 7) is 2.49. The van der Waals surface area contributed by atoms with E-state index in [9.17, 15) is 4.79 Å². The molecule has 0 aromatic carbocycles. The van der Waals surface area contributed by atoms with Crippen LogP contribution < -0.4 is 0 Å². The van der Waals surface area contributed by atoms with Gasteiger partial charge in [-0.2, -0.15) is 5.10 Å². The number of fused-ring (bicyclic) bond motifs is 1. The number of esters is 1. The maximum atomic E-state index is 11.6. The van der Waals surface area contributed by atoms with Crippen molar-refractivity contribution in [2.75, 3.05) is 6.61 Å². The zero-order valence-corrected chi connectivity index (χ0v) is 12.7. The summed E-state index contributed by atoms with van der Waals surface area (Å²) in [6.07, 6.45) is 7.99. The highest BCUT2D eigenvalue weighted by molar-refractivity contribution is 5.86. The molecule has 4 rings (SSSR count). The van der Waals surface area contributed by atoms with Crippen LogP contribution in [0.1, 0.15) is 47.4 Å². The number of hydrogen-bond donors (Lipinski definition) is 0. The normalized spacial score (nSPS) is 14.3. The second-order valence-corrected chi connectivity index (χ2v) is 5.62. The predicted octanol–water partition coefficient (Wildman–Crippen LogP) is 1.42. The average molecular weight is 312 g/mol. The van der Waals surface area contributed by atoms with E-state index in [1.165, 1.54) is 18.4 Å². The lowest BCUT2D eigenvalue weighted by molar-refractivity contribution is 0.0519. The Labute approximate surface area is 132 Å². The molecular formula is C15H16N6O2. The Morgan fingerprint density at radius 1 is 1.39 bits per heavy atom. The molecule has 23 heavy (non-hydrogen) atoms. The molecule has 0 atom stereocenters. The lowest BCUT2D eigenvalue weighted by atomic mass is 10.2. The molecule has 8 heteroatoms. The summed E-state index contributed by atoms with van der Waals surface area (Å²) in [5.41, 5.74) is 3.04. The number of hydrogen-bond acceptors (Lipinski definition) is 6. The maximum Gasteiger partial charge on any atom is 0.360 e. The van der Waals surface area contributed by atoms with Crippen molar-refractivity contribution in [2.45, 2.75) is 32.2 Å². The second kappa shape index (κ2) is 5.45. The van der Waals surface area contributed by atoms with Crippen LogP contribution >= 0.6 is 0 Å². The van der Waals surface area contributed by atoms with Crippen LogP contribution in [0.15, 0.2) is 24.7 Å². The highest BCUT2D eigenvalue weighted by Gasteiger charge is 2.24. The fourth-order valence-electron chi connectivity index (χ4n) is 2.49. The molecule has 118 valence electrons. The molecule has 1 fully saturated rings. The van der Waals surface area contributed by atoms with Crippen molar-refractivity contribution in [3.8, 4) is 0 Å². The minimum Gasteiger partial charge on any atom is -0.461 e. The van der Waals surface area contributed by atoms with Crippen molar-refractivity contribution in [2.24, 2.45) is 0 Å². The summed E-state index contributed by atoms with van der Waals surface area (Å²) in [5, 5.41) is 12.3. The third-order valence-corrected chi connectivity index (χ3v) is 3.78. The third-order valence-electron chi connectivity index (χ3n) is 3.78. The number of carbonyl (C=O) groups is 1. The molecule has 0 unspecified atom stereocenters. The first-order chi connectivity index (χ1) is 11.2. The van der Waals surface area contributed by atoms with Gasteiger partial charge in [0, 0.05) is 18.5 Å². The van der Waals surface area contributed by atoms with E-state index in [1.54, 1.807) is 22.3 Å². The molecule has 1 aliphatic carbocycles. The van der Waals surface area contributed by atoms with Crippen LogP contribution in [0.4, 0.5) is 0 Å². The van der Waals surface area contributed by atoms with E-state index in [0.717, 1.165) is 11.3 Å². The van der Waals surface area contributed by atoms with Crippen molar-refractivity contribution < 1.29 is 9.53 Å². The van der Waals surface area contributed by atoms with Gasteiger partial charge in [0.1, 0.15) is 0 Å². The number of carbonyl (C=O) groups excluding carboxylic acids is 1. The number of aromatic nitrogens is 6. The fraction of sp³-hybridized carbons (Fsp3) is 0.400. The van der Waals surface area contributed by atoms with E-state index in [1.807, 2.05) is 18.5 Å². The molecule has 0 N–H and O–H groups in total. The Bertz CT molecular complexity index is 864. The number of rotatable bonds is 5. The molecule has 0 radical (unpaired) electrons. The predicted molar refractivity (Wildman–Crippen MR) is 80.0 cm³/mol. The smallest absolute Gasteiger partial charge is 0.360 e. The molecule has 0 saturated heterocycles. The summed E-state index contributed by atoms with van der Waals surface area (Å²) in [7, 11) is 0. The Kier molecular flexibility index (Phi) is 3.29. The van der Waals surface area contributed by atoms with Crippen LogP contribution in [0.25, 0.3) is 5.65 Å². The second-order valence-electron chi connectivity index (χ2n) is 5.62. The zero-order chi connectivity index (χ0) is 15.8. The summed E-state index contributed by atoms with van der Waals surface area (Å²) < 4.78 is 8.26. The Balaban J connectivity index is 1.54. The summed E-state index contributed by atoms with van der Waals surface area (Å²) >= 11 is 0. The van der Waals surface area contributed by atoms with Crippen LogP contribution in [0, 0.1) is 0 Å². The Morgan fingerprint density at radius 3 is 3.04 bits per heavy atom. The van der Waals surface area contributed by atoms with Crippen LogP contribution in [0.5, 0.6) is 0 Å². The van der Waals surface area contributed by atoms with Gasteiger partial charge in [0.25, 0.3) is 0 Å². The highest BCUT2D eigenvalue weighted by Crippen LogP contribution is 2.39. The van der Waals surface area contributed by atoms with E-state index in [0.29, 0.717) is 19.1 Å². The third kappa shape index (κ3) is 2.79. The van der Waals surface area contributed by atoms with Crippen LogP contribution in [0.3, 0.4) is 0 Å². The molecular weight excluding hydrogens is 296 g/mol. The Morgan fingerprint density at radius 2 is 2.26 bits per heavy atom. The van der Waals surface area contributed by atoms with E-state index < -0.39 is 5.97 Å². The zero-order valence-electron chi connectivity index (χ0n) is 12.7. The molecule has 1 aliphatic rings. The first-order valence-electron chi connectivity index (χ1n) is 7.64. The van der Waals surface area contributed by atoms with Crippen LogP contribution in [-0.2, 0) is 11.3 Å². The molecule has 0 bridgehead atoms. The van der Waals surface area contributed by atoms with Crippen molar-refractivity contribution >= 4 is 11.6 Å². The van der Waals surface area contributed by atoms with Crippen LogP contribution in [-0.4, -0.2) is 42.2 Å². The lowest BCUT2D eigenvalue weighted by Gasteiger charge is -1.97. The maximum absolute atomic E-state index is 11.6. The highest BCUT2D eigenvalue weighted by atomic mass is 16.5. The van der Waals surface area contributed by atoms with Gasteiger partial charge in [-0.05, 0) is 31.2 Å². The van der Waals surface area contributed by atoms with E-state index in [-0.39, 0.29) is 5.69 Å². The van der Waals surface area contributed by atoms with Gasteiger partial charge in [-0.1, -0.05) is 5.21 Å². The molecule has 8 nitrogen and oxygen atoms in total. The van der Waals surface area contributed by atoms with Gasteiger partial charge in [0.15, 0.2) is 11.3 Å². The summed E-state index contributed by atoms with van der Waals surface area (Å²) in [4.78, 5) is 16.0. The topological polar surface area (TPSA) is 87.2 Å². The molecule has 3 heterocycles. The molecule has 0 amide bonds. The molecule has 1 saturated carbocycles. The summed E-state index contributed by atoms with van der Waals surface area (Å²) in [5.74, 6) is 0.173. The molecule has 0 spiro atoms. The molecule has 3 aromatic heterocycles. The number of nitrogens with zero attached hydrogens (tertiary/aromatic N) is 6. The minimum absolute atomic E-state index is 0.199. The monoisotopic (exact) mass is 312 g/mol. The standard InChI is InChI=1S/C15H16N6O2/c1-2-23-15(22)13-9-20(19-17-13)8-12-5-14-16-6-11(10-3-4-10)7-21(14)18-12/h5-7,9-10H,2-4,8H2,1H3. The van der Waals surface area contributed by atoms with Gasteiger partial charge < -0.3 is 4.74 Å². The van der Waals surface area contributed by atoms with Crippen molar-refractivity contribution in [3.05, 3.63) is 41.6 Å². The lowest BCUT2D eigenvalue weighted by Crippen LogP contribution is -2.05. The molecule has 0 aliphatic heterocycles. The van der Waals surface area contributed by atoms with Gasteiger partial charge in [-0.25, -0.2) is 19.0 Å². The van der Waals surface area contributed by atoms with E-state index >= 15 is 0 Å². The SMILES string of the molecule is CCOC(=O)c1cn(Cc2cc3ncc(C4CC4)cn3n2)nn1. The molecule has 3 aromatic rings. The average Bonchev–Trinajstić information content (AvgIpc) is 3.15. The van der Waals surface area contributed by atoms with E-state index in [2.05, 4.69) is 20.4 Å². The van der Waals surface area contributed by atoms with Gasteiger partial charge in [-0.15, -0.1) is 5.10 Å². The number of ether oxygens (including phenoxy) is 1.